The molecule has 0 unspecified atom stereocenters. The monoisotopic (exact) mass is 278 g/mol. The Balaban J connectivity index is 2.29. The Morgan fingerprint density at radius 3 is 2.72 bits per heavy atom. The maximum atomic E-state index is 12.6. The van der Waals surface area contributed by atoms with Crippen molar-refractivity contribution < 1.29 is 13.2 Å². The molecule has 1 aliphatic heterocycles. The summed E-state index contributed by atoms with van der Waals surface area (Å²) in [5, 5.41) is 0. The maximum Gasteiger partial charge on any atom is 0.433 e. The first-order valence-corrected chi connectivity index (χ1v) is 6.67. The highest BCUT2D eigenvalue weighted by Crippen LogP contribution is 2.30. The molecule has 1 fully saturated rings. The van der Waals surface area contributed by atoms with E-state index in [0.717, 1.165) is 24.0 Å². The minimum Gasteiger partial charge on any atom is -0.368 e. The van der Waals surface area contributed by atoms with Crippen molar-refractivity contribution in [2.75, 3.05) is 35.2 Å². The maximum absolute atomic E-state index is 12.6. The molecule has 1 aromatic rings. The third kappa shape index (κ3) is 3.18. The Morgan fingerprint density at radius 2 is 2.00 bits per heavy atom. The standard InChI is InChI=1S/C10H13F3N4S/c11-10(12,13)7-6-8(16-9(14)15-7)17-2-1-4-18-5-3-17/h6H,1-5H2,(H2,14,15,16). The normalized spacial score (nSPS) is 17.6. The number of aromatic nitrogens is 2. The number of thioether (sulfide) groups is 1. The summed E-state index contributed by atoms with van der Waals surface area (Å²) < 4.78 is 37.9. The van der Waals surface area contributed by atoms with Gasteiger partial charge in [0.1, 0.15) is 5.82 Å². The van der Waals surface area contributed by atoms with Crippen LogP contribution in [0.2, 0.25) is 0 Å². The van der Waals surface area contributed by atoms with Crippen molar-refractivity contribution in [2.45, 2.75) is 12.6 Å². The topological polar surface area (TPSA) is 55.0 Å². The molecule has 0 spiro atoms. The van der Waals surface area contributed by atoms with Crippen LogP contribution < -0.4 is 10.6 Å². The number of hydrogen-bond acceptors (Lipinski definition) is 5. The fraction of sp³-hybridized carbons (Fsp3) is 0.600. The summed E-state index contributed by atoms with van der Waals surface area (Å²) >= 11 is 1.79. The number of nitrogen functional groups attached to an aromatic ring is 1. The Morgan fingerprint density at radius 1 is 1.22 bits per heavy atom. The van der Waals surface area contributed by atoms with E-state index in [1.54, 1.807) is 11.8 Å². The van der Waals surface area contributed by atoms with Gasteiger partial charge in [-0.2, -0.15) is 29.9 Å². The van der Waals surface area contributed by atoms with Gasteiger partial charge in [-0.3, -0.25) is 0 Å². The van der Waals surface area contributed by atoms with E-state index in [0.29, 0.717) is 13.1 Å². The number of anilines is 2. The second kappa shape index (κ2) is 5.21. The quantitative estimate of drug-likeness (QED) is 0.851. The van der Waals surface area contributed by atoms with Crippen molar-refractivity contribution in [2.24, 2.45) is 0 Å². The van der Waals surface area contributed by atoms with Gasteiger partial charge in [0.15, 0.2) is 5.69 Å². The van der Waals surface area contributed by atoms with Crippen LogP contribution in [-0.2, 0) is 6.18 Å². The molecular formula is C10H13F3N4S. The highest BCUT2D eigenvalue weighted by molar-refractivity contribution is 7.99. The van der Waals surface area contributed by atoms with E-state index in [1.165, 1.54) is 0 Å². The van der Waals surface area contributed by atoms with Gasteiger partial charge in [-0.05, 0) is 12.2 Å². The Labute approximate surface area is 107 Å². The van der Waals surface area contributed by atoms with Crippen LogP contribution in [0.5, 0.6) is 0 Å². The number of halogens is 3. The van der Waals surface area contributed by atoms with Gasteiger partial charge in [0, 0.05) is 24.9 Å². The average Bonchev–Trinajstić information content (AvgIpc) is 2.55. The predicted molar refractivity (Wildman–Crippen MR) is 65.6 cm³/mol. The molecule has 18 heavy (non-hydrogen) atoms. The summed E-state index contributed by atoms with van der Waals surface area (Å²) in [5.41, 5.74) is 4.36. The zero-order valence-corrected chi connectivity index (χ0v) is 10.4. The zero-order valence-electron chi connectivity index (χ0n) is 9.57. The SMILES string of the molecule is Nc1nc(N2CCCSCC2)cc(C(F)(F)F)n1. The van der Waals surface area contributed by atoms with Crippen LogP contribution in [0.25, 0.3) is 0 Å². The molecule has 0 bridgehead atoms. The van der Waals surface area contributed by atoms with Crippen LogP contribution in [0.3, 0.4) is 0 Å². The van der Waals surface area contributed by atoms with Crippen LogP contribution in [0, 0.1) is 0 Å². The van der Waals surface area contributed by atoms with Gasteiger partial charge in [-0.25, -0.2) is 4.98 Å². The lowest BCUT2D eigenvalue weighted by molar-refractivity contribution is -0.141. The van der Waals surface area contributed by atoms with Crippen LogP contribution in [0.15, 0.2) is 6.07 Å². The molecule has 1 saturated heterocycles. The Hall–Kier alpha value is -1.18. The summed E-state index contributed by atoms with van der Waals surface area (Å²) in [6.07, 6.45) is -3.57. The largest absolute Gasteiger partial charge is 0.433 e. The molecule has 4 nitrogen and oxygen atoms in total. The number of nitrogens with two attached hydrogens (primary N) is 1. The van der Waals surface area contributed by atoms with Crippen molar-refractivity contribution in [3.8, 4) is 0 Å². The van der Waals surface area contributed by atoms with Gasteiger partial charge in [-0.1, -0.05) is 0 Å². The molecule has 2 rings (SSSR count). The van der Waals surface area contributed by atoms with Gasteiger partial charge < -0.3 is 10.6 Å². The number of rotatable bonds is 1. The molecule has 0 amide bonds. The minimum atomic E-state index is -4.49. The van der Waals surface area contributed by atoms with Gasteiger partial charge in [0.05, 0.1) is 0 Å². The van der Waals surface area contributed by atoms with Crippen molar-refractivity contribution in [1.82, 2.24) is 9.97 Å². The fourth-order valence-electron chi connectivity index (χ4n) is 1.74. The van der Waals surface area contributed by atoms with E-state index in [-0.39, 0.29) is 11.8 Å². The molecule has 0 aromatic carbocycles. The fourth-order valence-corrected chi connectivity index (χ4v) is 2.62. The van der Waals surface area contributed by atoms with Crippen molar-refractivity contribution in [3.05, 3.63) is 11.8 Å². The Kier molecular flexibility index (Phi) is 3.84. The lowest BCUT2D eigenvalue weighted by atomic mass is 10.3. The summed E-state index contributed by atoms with van der Waals surface area (Å²) in [6.45, 7) is 1.37. The lowest BCUT2D eigenvalue weighted by Gasteiger charge is -2.21. The van der Waals surface area contributed by atoms with Crippen LogP contribution in [0.1, 0.15) is 12.1 Å². The second-order valence-electron chi connectivity index (χ2n) is 3.92. The molecule has 1 aliphatic rings. The summed E-state index contributed by atoms with van der Waals surface area (Å²) in [6, 6.07) is 0.965. The van der Waals surface area contributed by atoms with E-state index in [9.17, 15) is 13.2 Å². The predicted octanol–water partition coefficient (Wildman–Crippen LogP) is 2.02. The third-order valence-corrected chi connectivity index (χ3v) is 3.62. The summed E-state index contributed by atoms with van der Waals surface area (Å²) in [4.78, 5) is 8.96. The van der Waals surface area contributed by atoms with E-state index < -0.39 is 11.9 Å². The van der Waals surface area contributed by atoms with Crippen molar-refractivity contribution in [3.63, 3.8) is 0 Å². The first-order chi connectivity index (χ1) is 8.47. The average molecular weight is 278 g/mol. The van der Waals surface area contributed by atoms with E-state index in [1.807, 2.05) is 4.90 Å². The summed E-state index contributed by atoms with van der Waals surface area (Å²) in [7, 11) is 0. The number of hydrogen-bond donors (Lipinski definition) is 1. The molecule has 0 aliphatic carbocycles. The highest BCUT2D eigenvalue weighted by Gasteiger charge is 2.34. The molecule has 2 N–H and O–H groups in total. The van der Waals surface area contributed by atoms with E-state index >= 15 is 0 Å². The lowest BCUT2D eigenvalue weighted by Crippen LogP contribution is -2.27. The van der Waals surface area contributed by atoms with Gasteiger partial charge in [0.2, 0.25) is 5.95 Å². The molecular weight excluding hydrogens is 265 g/mol. The van der Waals surface area contributed by atoms with Crippen LogP contribution in [-0.4, -0.2) is 34.6 Å². The molecule has 0 atom stereocenters. The van der Waals surface area contributed by atoms with Crippen molar-refractivity contribution >= 4 is 23.5 Å². The third-order valence-electron chi connectivity index (χ3n) is 2.57. The van der Waals surface area contributed by atoms with E-state index in [4.69, 9.17) is 5.73 Å². The number of nitrogens with zero attached hydrogens (tertiary/aromatic N) is 3. The van der Waals surface area contributed by atoms with Crippen molar-refractivity contribution in [1.29, 1.82) is 0 Å². The van der Waals surface area contributed by atoms with Gasteiger partial charge in [0.25, 0.3) is 0 Å². The number of alkyl halides is 3. The Bertz CT molecular complexity index is 416. The first kappa shape index (κ1) is 13.3. The molecule has 100 valence electrons. The smallest absolute Gasteiger partial charge is 0.368 e. The highest BCUT2D eigenvalue weighted by atomic mass is 32.2. The van der Waals surface area contributed by atoms with Gasteiger partial charge in [-0.15, -0.1) is 0 Å². The minimum absolute atomic E-state index is 0.261. The summed E-state index contributed by atoms with van der Waals surface area (Å²) in [5.74, 6) is 1.82. The molecule has 8 heteroatoms. The first-order valence-electron chi connectivity index (χ1n) is 5.51. The van der Waals surface area contributed by atoms with Gasteiger partial charge >= 0.3 is 6.18 Å². The van der Waals surface area contributed by atoms with E-state index in [2.05, 4.69) is 9.97 Å². The molecule has 0 radical (unpaired) electrons. The zero-order chi connectivity index (χ0) is 13.2. The van der Waals surface area contributed by atoms with Crippen LogP contribution >= 0.6 is 11.8 Å². The van der Waals surface area contributed by atoms with Crippen LogP contribution in [0.4, 0.5) is 24.9 Å². The molecule has 0 saturated carbocycles. The molecule has 1 aromatic heterocycles. The second-order valence-corrected chi connectivity index (χ2v) is 5.15. The molecule has 2 heterocycles.